The van der Waals surface area contributed by atoms with E-state index in [1.807, 2.05) is 6.07 Å². The minimum Gasteiger partial charge on any atom is -0.381 e. The van der Waals surface area contributed by atoms with Crippen LogP contribution in [-0.4, -0.2) is 29.6 Å². The standard InChI is InChI=1S/C14H17N5/c15-13-14(18-7-6-17-13)19-9-8-16-12(10-19)11-4-2-1-3-5-11/h1-7,12,16H,8-10H2,(H2,15,17)/t12-/m1/s1. The predicted molar refractivity (Wildman–Crippen MR) is 75.8 cm³/mol. The van der Waals surface area contributed by atoms with Crippen LogP contribution in [-0.2, 0) is 0 Å². The Morgan fingerprint density at radius 1 is 1.16 bits per heavy atom. The number of anilines is 2. The van der Waals surface area contributed by atoms with Crippen molar-refractivity contribution in [3.05, 3.63) is 48.3 Å². The Morgan fingerprint density at radius 3 is 2.74 bits per heavy atom. The van der Waals surface area contributed by atoms with Gasteiger partial charge in [-0.3, -0.25) is 0 Å². The first-order chi connectivity index (χ1) is 9.34. The quantitative estimate of drug-likeness (QED) is 0.844. The normalized spacial score (nSPS) is 19.4. The molecule has 1 fully saturated rings. The van der Waals surface area contributed by atoms with Gasteiger partial charge in [0.15, 0.2) is 11.6 Å². The number of benzene rings is 1. The first kappa shape index (κ1) is 11.9. The largest absolute Gasteiger partial charge is 0.381 e. The third kappa shape index (κ3) is 2.51. The smallest absolute Gasteiger partial charge is 0.171 e. The Morgan fingerprint density at radius 2 is 1.95 bits per heavy atom. The molecule has 1 aliphatic rings. The Balaban J connectivity index is 1.81. The number of nitrogens with one attached hydrogen (secondary N) is 1. The molecule has 0 radical (unpaired) electrons. The lowest BCUT2D eigenvalue weighted by molar-refractivity contribution is 0.469. The van der Waals surface area contributed by atoms with Crippen molar-refractivity contribution in [2.24, 2.45) is 0 Å². The molecule has 1 atom stereocenters. The Labute approximate surface area is 112 Å². The molecule has 0 bridgehead atoms. The van der Waals surface area contributed by atoms with Gasteiger partial charge in [-0.25, -0.2) is 9.97 Å². The average molecular weight is 255 g/mol. The van der Waals surface area contributed by atoms with E-state index in [4.69, 9.17) is 5.73 Å². The van der Waals surface area contributed by atoms with Crippen LogP contribution < -0.4 is 16.0 Å². The monoisotopic (exact) mass is 255 g/mol. The van der Waals surface area contributed by atoms with Crippen LogP contribution in [0.15, 0.2) is 42.7 Å². The molecular formula is C14H17N5. The second kappa shape index (κ2) is 5.24. The van der Waals surface area contributed by atoms with Gasteiger partial charge in [-0.15, -0.1) is 0 Å². The number of nitrogen functional groups attached to an aromatic ring is 1. The van der Waals surface area contributed by atoms with E-state index in [2.05, 4.69) is 44.5 Å². The van der Waals surface area contributed by atoms with Crippen LogP contribution in [0, 0.1) is 0 Å². The third-order valence-electron chi connectivity index (χ3n) is 3.38. The lowest BCUT2D eigenvalue weighted by Crippen LogP contribution is -2.46. The van der Waals surface area contributed by atoms with Crippen molar-refractivity contribution in [1.82, 2.24) is 15.3 Å². The van der Waals surface area contributed by atoms with Crippen molar-refractivity contribution in [2.75, 3.05) is 30.3 Å². The van der Waals surface area contributed by atoms with E-state index in [0.717, 1.165) is 25.5 Å². The molecule has 19 heavy (non-hydrogen) atoms. The van der Waals surface area contributed by atoms with Crippen LogP contribution in [0.5, 0.6) is 0 Å². The minimum absolute atomic E-state index is 0.302. The van der Waals surface area contributed by atoms with E-state index >= 15 is 0 Å². The molecular weight excluding hydrogens is 238 g/mol. The van der Waals surface area contributed by atoms with E-state index in [9.17, 15) is 0 Å². The molecule has 1 aromatic heterocycles. The van der Waals surface area contributed by atoms with E-state index in [-0.39, 0.29) is 0 Å². The molecule has 0 amide bonds. The first-order valence-electron chi connectivity index (χ1n) is 6.44. The maximum atomic E-state index is 5.90. The highest BCUT2D eigenvalue weighted by molar-refractivity contribution is 5.57. The van der Waals surface area contributed by atoms with E-state index in [1.165, 1.54) is 5.56 Å². The summed E-state index contributed by atoms with van der Waals surface area (Å²) in [6, 6.07) is 10.7. The third-order valence-corrected chi connectivity index (χ3v) is 3.38. The summed E-state index contributed by atoms with van der Waals surface area (Å²) in [6.45, 7) is 2.66. The van der Waals surface area contributed by atoms with E-state index in [0.29, 0.717) is 11.9 Å². The molecule has 5 nitrogen and oxygen atoms in total. The Bertz CT molecular complexity index is 543. The maximum absolute atomic E-state index is 5.90. The van der Waals surface area contributed by atoms with Crippen LogP contribution >= 0.6 is 0 Å². The SMILES string of the molecule is Nc1nccnc1N1CCN[C@@H](c2ccccc2)C1. The predicted octanol–water partition coefficient (Wildman–Crippen LogP) is 1.21. The number of aromatic nitrogens is 2. The number of hydrogen-bond acceptors (Lipinski definition) is 5. The van der Waals surface area contributed by atoms with Crippen molar-refractivity contribution >= 4 is 11.6 Å². The van der Waals surface area contributed by atoms with Gasteiger partial charge < -0.3 is 16.0 Å². The Hall–Kier alpha value is -2.14. The molecule has 0 unspecified atom stereocenters. The summed E-state index contributed by atoms with van der Waals surface area (Å²) in [5, 5.41) is 3.52. The summed E-state index contributed by atoms with van der Waals surface area (Å²) in [6.07, 6.45) is 3.31. The highest BCUT2D eigenvalue weighted by Gasteiger charge is 2.22. The van der Waals surface area contributed by atoms with Gasteiger partial charge in [-0.2, -0.15) is 0 Å². The fraction of sp³-hybridized carbons (Fsp3) is 0.286. The first-order valence-corrected chi connectivity index (χ1v) is 6.44. The van der Waals surface area contributed by atoms with Crippen LogP contribution in [0.3, 0.4) is 0 Å². The molecule has 3 rings (SSSR count). The number of piperazine rings is 1. The zero-order valence-corrected chi connectivity index (χ0v) is 10.7. The molecule has 1 saturated heterocycles. The zero-order chi connectivity index (χ0) is 13.1. The summed E-state index contributed by atoms with van der Waals surface area (Å²) in [4.78, 5) is 10.6. The summed E-state index contributed by atoms with van der Waals surface area (Å²) < 4.78 is 0. The summed E-state index contributed by atoms with van der Waals surface area (Å²) in [5.41, 5.74) is 7.19. The minimum atomic E-state index is 0.302. The van der Waals surface area contributed by atoms with Gasteiger partial charge in [0.25, 0.3) is 0 Å². The van der Waals surface area contributed by atoms with Crippen LogP contribution in [0.2, 0.25) is 0 Å². The van der Waals surface area contributed by atoms with Crippen molar-refractivity contribution in [3.8, 4) is 0 Å². The molecule has 2 aromatic rings. The molecule has 5 heteroatoms. The van der Waals surface area contributed by atoms with Crippen LogP contribution in [0.25, 0.3) is 0 Å². The lowest BCUT2D eigenvalue weighted by Gasteiger charge is -2.34. The van der Waals surface area contributed by atoms with Gasteiger partial charge in [-0.1, -0.05) is 30.3 Å². The number of hydrogen-bond donors (Lipinski definition) is 2. The fourth-order valence-corrected chi connectivity index (χ4v) is 2.44. The van der Waals surface area contributed by atoms with Gasteiger partial charge in [0.05, 0.1) is 0 Å². The molecule has 0 spiro atoms. The average Bonchev–Trinajstić information content (AvgIpc) is 2.49. The van der Waals surface area contributed by atoms with Crippen molar-refractivity contribution in [1.29, 1.82) is 0 Å². The van der Waals surface area contributed by atoms with Crippen molar-refractivity contribution < 1.29 is 0 Å². The van der Waals surface area contributed by atoms with Gasteiger partial charge in [0, 0.05) is 38.1 Å². The Kier molecular flexibility index (Phi) is 3.29. The fourth-order valence-electron chi connectivity index (χ4n) is 2.44. The summed E-state index contributed by atoms with van der Waals surface area (Å²) >= 11 is 0. The lowest BCUT2D eigenvalue weighted by atomic mass is 10.0. The molecule has 0 aliphatic carbocycles. The maximum Gasteiger partial charge on any atom is 0.171 e. The highest BCUT2D eigenvalue weighted by atomic mass is 15.3. The topological polar surface area (TPSA) is 67.1 Å². The molecule has 0 saturated carbocycles. The number of nitrogens with two attached hydrogens (primary N) is 1. The molecule has 1 aliphatic heterocycles. The summed E-state index contributed by atoms with van der Waals surface area (Å²) in [7, 11) is 0. The van der Waals surface area contributed by atoms with Gasteiger partial charge >= 0.3 is 0 Å². The van der Waals surface area contributed by atoms with E-state index < -0.39 is 0 Å². The van der Waals surface area contributed by atoms with Gasteiger partial charge in [0.1, 0.15) is 0 Å². The molecule has 2 heterocycles. The van der Waals surface area contributed by atoms with Gasteiger partial charge in [-0.05, 0) is 5.56 Å². The second-order valence-corrected chi connectivity index (χ2v) is 4.63. The van der Waals surface area contributed by atoms with Gasteiger partial charge in [0.2, 0.25) is 0 Å². The zero-order valence-electron chi connectivity index (χ0n) is 10.7. The number of rotatable bonds is 2. The second-order valence-electron chi connectivity index (χ2n) is 4.63. The van der Waals surface area contributed by atoms with Crippen molar-refractivity contribution in [2.45, 2.75) is 6.04 Å². The molecule has 3 N–H and O–H groups in total. The highest BCUT2D eigenvalue weighted by Crippen LogP contribution is 2.23. The molecule has 1 aromatic carbocycles. The van der Waals surface area contributed by atoms with Crippen molar-refractivity contribution in [3.63, 3.8) is 0 Å². The van der Waals surface area contributed by atoms with Crippen LogP contribution in [0.1, 0.15) is 11.6 Å². The van der Waals surface area contributed by atoms with E-state index in [1.54, 1.807) is 12.4 Å². The summed E-state index contributed by atoms with van der Waals surface area (Å²) in [5.74, 6) is 1.28. The molecule has 98 valence electrons. The van der Waals surface area contributed by atoms with Crippen LogP contribution in [0.4, 0.5) is 11.6 Å². The number of nitrogens with zero attached hydrogens (tertiary/aromatic N) is 3.